The average molecular weight is 484 g/mol. The molecule has 0 saturated heterocycles. The summed E-state index contributed by atoms with van der Waals surface area (Å²) in [6.07, 6.45) is -0.806. The molecule has 11 heteroatoms. The molecule has 1 amide bonds. The molecule has 1 unspecified atom stereocenters. The molecule has 3 aromatic rings. The lowest BCUT2D eigenvalue weighted by Gasteiger charge is -2.23. The van der Waals surface area contributed by atoms with Gasteiger partial charge in [-0.3, -0.25) is 9.69 Å². The van der Waals surface area contributed by atoms with E-state index in [4.69, 9.17) is 14.3 Å². The zero-order valence-corrected chi connectivity index (χ0v) is 18.4. The van der Waals surface area contributed by atoms with Crippen LogP contribution in [0.2, 0.25) is 0 Å². The quantitative estimate of drug-likeness (QED) is 0.551. The van der Waals surface area contributed by atoms with Crippen LogP contribution in [0.25, 0.3) is 0 Å². The number of aromatic nitrogens is 1. The van der Waals surface area contributed by atoms with E-state index in [-0.39, 0.29) is 5.91 Å². The zero-order chi connectivity index (χ0) is 23.8. The van der Waals surface area contributed by atoms with Crippen molar-refractivity contribution < 1.29 is 32.3 Å². The minimum absolute atomic E-state index is 0.0816. The van der Waals surface area contributed by atoms with Crippen LogP contribution in [0.5, 0.6) is 0 Å². The second-order valence-corrected chi connectivity index (χ2v) is 8.66. The van der Waals surface area contributed by atoms with Gasteiger partial charge in [0.25, 0.3) is 0 Å². The van der Waals surface area contributed by atoms with E-state index in [1.807, 2.05) is 12.1 Å². The molecule has 0 aliphatic carbocycles. The smallest absolute Gasteiger partial charge is 0.475 e. The molecule has 1 aliphatic rings. The normalized spacial score (nSPS) is 16.3. The number of nitrogens with one attached hydrogen (secondary N) is 1. The lowest BCUT2D eigenvalue weighted by molar-refractivity contribution is -0.192. The molecule has 0 fully saturated rings. The summed E-state index contributed by atoms with van der Waals surface area (Å²) in [7, 11) is 0. The fraction of sp³-hybridized carbons (Fsp3) is 0.364. The van der Waals surface area contributed by atoms with Gasteiger partial charge in [-0.25, -0.2) is 4.79 Å². The predicted molar refractivity (Wildman–Crippen MR) is 115 cm³/mol. The minimum atomic E-state index is -5.08. The number of aliphatic carboxylic acids is 1. The Morgan fingerprint density at radius 3 is 2.61 bits per heavy atom. The van der Waals surface area contributed by atoms with Crippen molar-refractivity contribution in [2.24, 2.45) is 5.92 Å². The first-order valence-electron chi connectivity index (χ1n) is 10.2. The van der Waals surface area contributed by atoms with Gasteiger partial charge < -0.3 is 19.4 Å². The molecule has 0 bridgehead atoms. The SMILES string of the molecule is O=C(CC1CN(Cc2cccs2)Cc2cccn2C1)NCc1ccco1.O=C(O)C(F)(F)F. The first kappa shape index (κ1) is 24.6. The van der Waals surface area contributed by atoms with Gasteiger partial charge in [0.05, 0.1) is 12.8 Å². The van der Waals surface area contributed by atoms with Crippen LogP contribution in [0.15, 0.2) is 58.7 Å². The molecule has 1 aliphatic heterocycles. The van der Waals surface area contributed by atoms with E-state index < -0.39 is 12.1 Å². The molecule has 178 valence electrons. The van der Waals surface area contributed by atoms with E-state index in [0.29, 0.717) is 18.9 Å². The summed E-state index contributed by atoms with van der Waals surface area (Å²) in [5.41, 5.74) is 1.32. The van der Waals surface area contributed by atoms with Gasteiger partial charge in [-0.2, -0.15) is 13.2 Å². The largest absolute Gasteiger partial charge is 0.490 e. The Balaban J connectivity index is 0.000000383. The summed E-state index contributed by atoms with van der Waals surface area (Å²) in [6.45, 7) is 4.13. The fourth-order valence-corrected chi connectivity index (χ4v) is 4.32. The summed E-state index contributed by atoms with van der Waals surface area (Å²) in [5.74, 6) is -1.60. The Hall–Kier alpha value is -3.05. The lowest BCUT2D eigenvalue weighted by atomic mass is 10.0. The molecule has 33 heavy (non-hydrogen) atoms. The number of thiophene rings is 1. The fourth-order valence-electron chi connectivity index (χ4n) is 3.57. The lowest BCUT2D eigenvalue weighted by Crippen LogP contribution is -2.32. The van der Waals surface area contributed by atoms with Gasteiger partial charge in [-0.15, -0.1) is 11.3 Å². The van der Waals surface area contributed by atoms with Gasteiger partial charge in [0.1, 0.15) is 5.76 Å². The Morgan fingerprint density at radius 2 is 1.97 bits per heavy atom. The molecular formula is C22H24F3N3O4S. The Morgan fingerprint density at radius 1 is 1.18 bits per heavy atom. The highest BCUT2D eigenvalue weighted by molar-refractivity contribution is 7.09. The number of carbonyl (C=O) groups excluding carboxylic acids is 1. The number of hydrogen-bond donors (Lipinski definition) is 2. The number of hydrogen-bond acceptors (Lipinski definition) is 5. The van der Waals surface area contributed by atoms with Gasteiger partial charge in [-0.1, -0.05) is 6.07 Å². The van der Waals surface area contributed by atoms with Crippen molar-refractivity contribution in [3.63, 3.8) is 0 Å². The van der Waals surface area contributed by atoms with Crippen molar-refractivity contribution in [1.29, 1.82) is 0 Å². The van der Waals surface area contributed by atoms with E-state index in [2.05, 4.69) is 50.6 Å². The van der Waals surface area contributed by atoms with E-state index in [1.165, 1.54) is 10.6 Å². The molecular weight excluding hydrogens is 459 g/mol. The number of nitrogens with zero attached hydrogens (tertiary/aromatic N) is 2. The van der Waals surface area contributed by atoms with Crippen LogP contribution in [0.1, 0.15) is 22.8 Å². The number of rotatable bonds is 6. The Labute approximate surface area is 192 Å². The van der Waals surface area contributed by atoms with Crippen LogP contribution < -0.4 is 5.32 Å². The van der Waals surface area contributed by atoms with Crippen molar-refractivity contribution >= 4 is 23.2 Å². The van der Waals surface area contributed by atoms with Gasteiger partial charge >= 0.3 is 12.1 Å². The number of fused-ring (bicyclic) bond motifs is 1. The number of carbonyl (C=O) groups is 2. The maximum Gasteiger partial charge on any atom is 0.490 e. The second kappa shape index (κ2) is 11.2. The summed E-state index contributed by atoms with van der Waals surface area (Å²) >= 11 is 1.79. The Bertz CT molecular complexity index is 1020. The average Bonchev–Trinajstić information content (AvgIpc) is 3.49. The van der Waals surface area contributed by atoms with E-state index in [9.17, 15) is 18.0 Å². The van der Waals surface area contributed by atoms with Gasteiger partial charge in [0.15, 0.2) is 0 Å². The maximum absolute atomic E-state index is 12.4. The first-order valence-corrected chi connectivity index (χ1v) is 11.1. The monoisotopic (exact) mass is 483 g/mol. The van der Waals surface area contributed by atoms with Crippen LogP contribution in [0.4, 0.5) is 13.2 Å². The van der Waals surface area contributed by atoms with Crippen molar-refractivity contribution in [3.8, 4) is 0 Å². The number of amides is 1. The minimum Gasteiger partial charge on any atom is -0.475 e. The summed E-state index contributed by atoms with van der Waals surface area (Å²) in [4.78, 5) is 25.1. The number of carboxylic acid groups (broad SMARTS) is 1. The van der Waals surface area contributed by atoms with Crippen LogP contribution >= 0.6 is 11.3 Å². The molecule has 3 aromatic heterocycles. The van der Waals surface area contributed by atoms with Crippen LogP contribution in [-0.2, 0) is 35.8 Å². The molecule has 1 atom stereocenters. The highest BCUT2D eigenvalue weighted by Gasteiger charge is 2.38. The summed E-state index contributed by atoms with van der Waals surface area (Å²) in [6, 6.07) is 12.3. The van der Waals surface area contributed by atoms with Crippen molar-refractivity contribution in [2.45, 2.75) is 38.8 Å². The van der Waals surface area contributed by atoms with Crippen LogP contribution in [-0.4, -0.2) is 39.2 Å². The third kappa shape index (κ3) is 7.79. The van der Waals surface area contributed by atoms with Crippen molar-refractivity contribution in [1.82, 2.24) is 14.8 Å². The number of alkyl halides is 3. The van der Waals surface area contributed by atoms with E-state index >= 15 is 0 Å². The predicted octanol–water partition coefficient (Wildman–Crippen LogP) is 4.11. The molecule has 4 heterocycles. The molecule has 0 radical (unpaired) electrons. The topological polar surface area (TPSA) is 87.7 Å². The highest BCUT2D eigenvalue weighted by Crippen LogP contribution is 2.22. The zero-order valence-electron chi connectivity index (χ0n) is 17.6. The maximum atomic E-state index is 12.4. The highest BCUT2D eigenvalue weighted by atomic mass is 32.1. The summed E-state index contributed by atoms with van der Waals surface area (Å²) in [5, 5.41) is 12.2. The van der Waals surface area contributed by atoms with E-state index in [1.54, 1.807) is 17.6 Å². The standard InChI is InChI=1S/C20H23N3O2S.C2HF3O2/c24-20(21-11-18-5-2-8-25-18)10-16-12-22(15-19-6-3-9-26-19)14-17-4-1-7-23(17)13-16;3-2(4,5)1(6)7/h1-9,16H,10-15H2,(H,21,24);(H,6,7). The molecule has 0 saturated carbocycles. The number of furan rings is 1. The van der Waals surface area contributed by atoms with E-state index in [0.717, 1.165) is 31.9 Å². The Kier molecular flexibility index (Phi) is 8.34. The molecule has 2 N–H and O–H groups in total. The first-order chi connectivity index (χ1) is 15.7. The van der Waals surface area contributed by atoms with Gasteiger partial charge in [0, 0.05) is 49.4 Å². The van der Waals surface area contributed by atoms with Gasteiger partial charge in [-0.05, 0) is 41.6 Å². The number of halogens is 3. The molecule has 0 aromatic carbocycles. The van der Waals surface area contributed by atoms with Gasteiger partial charge in [0.2, 0.25) is 5.91 Å². The summed E-state index contributed by atoms with van der Waals surface area (Å²) < 4.78 is 39.3. The van der Waals surface area contributed by atoms with Crippen LogP contribution in [0.3, 0.4) is 0 Å². The third-order valence-electron chi connectivity index (χ3n) is 5.00. The molecule has 0 spiro atoms. The van der Waals surface area contributed by atoms with Crippen molar-refractivity contribution in [3.05, 3.63) is 70.6 Å². The molecule has 7 nitrogen and oxygen atoms in total. The second-order valence-electron chi connectivity index (χ2n) is 7.63. The van der Waals surface area contributed by atoms with Crippen LogP contribution in [0, 0.1) is 5.92 Å². The van der Waals surface area contributed by atoms with Crippen molar-refractivity contribution in [2.75, 3.05) is 6.54 Å². The number of carboxylic acids is 1. The third-order valence-corrected chi connectivity index (χ3v) is 5.86. The molecule has 4 rings (SSSR count).